The standard InChI is InChI=1S/C18H27N2OP.Y/c1-8-10-16(22(6,7)9-2)18(21)20-17-13(3)11-15(19-5)12-14(17)4;/h11-12,16H,8-10H2,1-4,6-7H3;/p+1. The Hall–Kier alpha value is -0.286. The number of hydrogen-bond donors (Lipinski definition) is 1. The monoisotopic (exact) mass is 408 g/mol. The van der Waals surface area contributed by atoms with Gasteiger partial charge in [0, 0.05) is 59.0 Å². The third kappa shape index (κ3) is 5.93. The minimum atomic E-state index is -1.25. The second kappa shape index (κ2) is 9.88. The van der Waals surface area contributed by atoms with Gasteiger partial charge in [-0.3, -0.25) is 4.79 Å². The number of nitrogens with one attached hydrogen (secondary N) is 1. The van der Waals surface area contributed by atoms with Crippen molar-refractivity contribution in [1.82, 2.24) is 0 Å². The normalized spacial score (nSPS) is 12.0. The summed E-state index contributed by atoms with van der Waals surface area (Å²) in [5, 5.41) is 3.14. The smallest absolute Gasteiger partial charge is 0.265 e. The molecule has 1 aromatic carbocycles. The Balaban J connectivity index is 0.00000484. The number of anilines is 1. The summed E-state index contributed by atoms with van der Waals surface area (Å²) in [7, 11) is -1.25. The van der Waals surface area contributed by atoms with Crippen molar-refractivity contribution in [3.8, 4) is 0 Å². The molecule has 5 heteroatoms. The van der Waals surface area contributed by atoms with Crippen LogP contribution in [0.5, 0.6) is 0 Å². The molecular weight excluding hydrogens is 380 g/mol. The van der Waals surface area contributed by atoms with Crippen molar-refractivity contribution < 1.29 is 37.5 Å². The van der Waals surface area contributed by atoms with Gasteiger partial charge in [0.15, 0.2) is 5.69 Å². The van der Waals surface area contributed by atoms with Crippen LogP contribution in [-0.2, 0) is 37.5 Å². The van der Waals surface area contributed by atoms with Gasteiger partial charge in [-0.15, -0.1) is 0 Å². The van der Waals surface area contributed by atoms with Crippen LogP contribution in [0.15, 0.2) is 12.1 Å². The molecule has 1 atom stereocenters. The van der Waals surface area contributed by atoms with Crippen molar-refractivity contribution >= 4 is 24.5 Å². The first kappa shape index (κ1) is 22.7. The van der Waals surface area contributed by atoms with Crippen LogP contribution in [-0.4, -0.2) is 31.1 Å². The fourth-order valence-corrected chi connectivity index (χ4v) is 4.80. The zero-order chi connectivity index (χ0) is 16.9. The SMILES string of the molecule is [C-]#[N+]c1cc(C)c(NC(=O)C(CCC)[P+](C)(C)CC)c(C)c1.[Y]. The molecule has 0 aliphatic rings. The van der Waals surface area contributed by atoms with Crippen molar-refractivity contribution in [3.05, 3.63) is 34.7 Å². The second-order valence-electron chi connectivity index (χ2n) is 6.45. The summed E-state index contributed by atoms with van der Waals surface area (Å²) in [5.41, 5.74) is 3.53. The van der Waals surface area contributed by atoms with Crippen molar-refractivity contribution in [2.45, 2.75) is 46.2 Å². The van der Waals surface area contributed by atoms with Gasteiger partial charge in [0.25, 0.3) is 5.91 Å². The van der Waals surface area contributed by atoms with E-state index in [1.54, 1.807) is 0 Å². The molecule has 0 saturated heterocycles. The Morgan fingerprint density at radius 3 is 2.17 bits per heavy atom. The van der Waals surface area contributed by atoms with Crippen LogP contribution in [0, 0.1) is 20.4 Å². The summed E-state index contributed by atoms with van der Waals surface area (Å²) in [6, 6.07) is 3.68. The average molecular weight is 408 g/mol. The molecule has 0 fully saturated rings. The van der Waals surface area contributed by atoms with Gasteiger partial charge in [-0.25, -0.2) is 4.85 Å². The predicted molar refractivity (Wildman–Crippen MR) is 98.8 cm³/mol. The summed E-state index contributed by atoms with van der Waals surface area (Å²) in [5.74, 6) is 0.142. The molecule has 1 unspecified atom stereocenters. The molecule has 0 spiro atoms. The van der Waals surface area contributed by atoms with Crippen LogP contribution in [0.3, 0.4) is 0 Å². The van der Waals surface area contributed by atoms with E-state index in [-0.39, 0.29) is 44.3 Å². The molecule has 1 radical (unpaired) electrons. The summed E-state index contributed by atoms with van der Waals surface area (Å²) in [6.07, 6.45) is 3.05. The second-order valence-corrected chi connectivity index (χ2v) is 11.3. The molecule has 0 aliphatic carbocycles. The molecule has 123 valence electrons. The van der Waals surface area contributed by atoms with Crippen LogP contribution in [0.1, 0.15) is 37.8 Å². The molecule has 3 nitrogen and oxygen atoms in total. The Bertz CT molecular complexity index is 570. The van der Waals surface area contributed by atoms with E-state index in [9.17, 15) is 4.79 Å². The van der Waals surface area contributed by atoms with Gasteiger partial charge in [0.05, 0.1) is 12.7 Å². The predicted octanol–water partition coefficient (Wildman–Crippen LogP) is 5.26. The number of amides is 1. The molecule has 1 aromatic rings. The van der Waals surface area contributed by atoms with Gasteiger partial charge in [-0.05, 0) is 38.3 Å². The Kier molecular flexibility index (Phi) is 9.75. The van der Waals surface area contributed by atoms with E-state index in [0.29, 0.717) is 5.69 Å². The Labute approximate surface area is 167 Å². The third-order valence-corrected chi connectivity index (χ3v) is 8.23. The minimum Gasteiger partial charge on any atom is -0.322 e. The largest absolute Gasteiger partial charge is 0.322 e. The van der Waals surface area contributed by atoms with E-state index >= 15 is 0 Å². The van der Waals surface area contributed by atoms with E-state index in [0.717, 1.165) is 35.8 Å². The number of nitrogens with zero attached hydrogens (tertiary/aromatic N) is 1. The number of benzene rings is 1. The first-order valence-electron chi connectivity index (χ1n) is 7.89. The van der Waals surface area contributed by atoms with E-state index in [2.05, 4.69) is 37.3 Å². The molecule has 23 heavy (non-hydrogen) atoms. The van der Waals surface area contributed by atoms with Crippen molar-refractivity contribution in [2.75, 3.05) is 24.8 Å². The van der Waals surface area contributed by atoms with Crippen molar-refractivity contribution in [3.63, 3.8) is 0 Å². The fourth-order valence-electron chi connectivity index (χ4n) is 2.70. The molecule has 0 heterocycles. The molecule has 1 amide bonds. The van der Waals surface area contributed by atoms with E-state index in [1.807, 2.05) is 26.0 Å². The van der Waals surface area contributed by atoms with Crippen LogP contribution < -0.4 is 5.32 Å². The van der Waals surface area contributed by atoms with Crippen LogP contribution >= 0.6 is 7.26 Å². The van der Waals surface area contributed by atoms with Gasteiger partial charge in [-0.1, -0.05) is 25.5 Å². The Morgan fingerprint density at radius 2 is 1.78 bits per heavy atom. The zero-order valence-electron chi connectivity index (χ0n) is 15.2. The van der Waals surface area contributed by atoms with Gasteiger partial charge >= 0.3 is 0 Å². The quantitative estimate of drug-likeness (QED) is 0.506. The van der Waals surface area contributed by atoms with Crippen LogP contribution in [0.4, 0.5) is 11.4 Å². The van der Waals surface area contributed by atoms with E-state index < -0.39 is 7.26 Å². The maximum Gasteiger partial charge on any atom is 0.265 e. The Morgan fingerprint density at radius 1 is 1.26 bits per heavy atom. The summed E-state index contributed by atoms with van der Waals surface area (Å²) in [6.45, 7) is 19.9. The van der Waals surface area contributed by atoms with E-state index in [4.69, 9.17) is 6.57 Å². The number of hydrogen-bond acceptors (Lipinski definition) is 1. The first-order valence-corrected chi connectivity index (χ1v) is 10.8. The number of carbonyl (C=O) groups excluding carboxylic acids is 1. The molecular formula is C18H28N2OPY+. The van der Waals surface area contributed by atoms with Gasteiger partial charge in [0.2, 0.25) is 0 Å². The van der Waals surface area contributed by atoms with Gasteiger partial charge in [-0.2, -0.15) is 0 Å². The number of aryl methyl sites for hydroxylation is 2. The number of carbonyl (C=O) groups is 1. The minimum absolute atomic E-state index is 0. The average Bonchev–Trinajstić information content (AvgIpc) is 2.47. The molecule has 0 aliphatic heterocycles. The summed E-state index contributed by atoms with van der Waals surface area (Å²) in [4.78, 5) is 16.3. The molecule has 0 bridgehead atoms. The number of rotatable bonds is 6. The van der Waals surface area contributed by atoms with Gasteiger partial charge in [0.1, 0.15) is 5.66 Å². The van der Waals surface area contributed by atoms with Crippen LogP contribution in [0.2, 0.25) is 0 Å². The summed E-state index contributed by atoms with van der Waals surface area (Å²) < 4.78 is 0. The maximum absolute atomic E-state index is 12.8. The summed E-state index contributed by atoms with van der Waals surface area (Å²) >= 11 is 0. The molecule has 1 N–H and O–H groups in total. The van der Waals surface area contributed by atoms with E-state index in [1.165, 1.54) is 0 Å². The zero-order valence-corrected chi connectivity index (χ0v) is 19.0. The fraction of sp³-hybridized carbons (Fsp3) is 0.556. The van der Waals surface area contributed by atoms with Crippen molar-refractivity contribution in [1.29, 1.82) is 0 Å². The molecule has 0 saturated carbocycles. The molecule has 0 aromatic heterocycles. The van der Waals surface area contributed by atoms with Crippen molar-refractivity contribution in [2.24, 2.45) is 0 Å². The first-order chi connectivity index (χ1) is 10.3. The van der Waals surface area contributed by atoms with Crippen LogP contribution in [0.25, 0.3) is 4.85 Å². The topological polar surface area (TPSA) is 33.5 Å². The molecule has 1 rings (SSSR count). The van der Waals surface area contributed by atoms with Gasteiger partial charge < -0.3 is 5.32 Å². The third-order valence-electron chi connectivity index (χ3n) is 4.42. The maximum atomic E-state index is 12.8.